The molecule has 0 aliphatic rings. The maximum Gasteiger partial charge on any atom is 0.145 e. The van der Waals surface area contributed by atoms with Gasteiger partial charge in [0.1, 0.15) is 11.6 Å². The quantitative estimate of drug-likeness (QED) is 0.615. The van der Waals surface area contributed by atoms with E-state index in [1.807, 2.05) is 54.1 Å². The van der Waals surface area contributed by atoms with E-state index >= 15 is 0 Å². The third-order valence-corrected chi connectivity index (χ3v) is 3.79. The van der Waals surface area contributed by atoms with Gasteiger partial charge >= 0.3 is 0 Å². The normalized spacial score (nSPS) is 10.8. The summed E-state index contributed by atoms with van der Waals surface area (Å²) in [6, 6.07) is 15.7. The summed E-state index contributed by atoms with van der Waals surface area (Å²) in [5, 5.41) is 9.32. The van der Waals surface area contributed by atoms with Crippen LogP contribution in [-0.4, -0.2) is 19.5 Å². The molecule has 4 rings (SSSR count). The van der Waals surface area contributed by atoms with Crippen LogP contribution in [0.5, 0.6) is 0 Å². The van der Waals surface area contributed by atoms with Crippen molar-refractivity contribution in [2.45, 2.75) is 6.92 Å². The highest BCUT2D eigenvalue weighted by atomic mass is 15.1. The SMILES string of the molecule is Cc1nc2ccc(-n3ccnc3-c3ccccc3C#N)cc2[nH]1. The molecule has 0 amide bonds. The number of aromatic nitrogens is 4. The summed E-state index contributed by atoms with van der Waals surface area (Å²) >= 11 is 0. The van der Waals surface area contributed by atoms with Gasteiger partial charge in [-0.25, -0.2) is 9.97 Å². The number of imidazole rings is 2. The van der Waals surface area contributed by atoms with Crippen molar-refractivity contribution in [3.63, 3.8) is 0 Å². The maximum atomic E-state index is 9.32. The van der Waals surface area contributed by atoms with Gasteiger partial charge in [-0.15, -0.1) is 0 Å². The molecule has 1 N–H and O–H groups in total. The van der Waals surface area contributed by atoms with Crippen molar-refractivity contribution < 1.29 is 0 Å². The Morgan fingerprint density at radius 3 is 2.91 bits per heavy atom. The second-order valence-electron chi connectivity index (χ2n) is 5.30. The lowest BCUT2D eigenvalue weighted by Crippen LogP contribution is -1.97. The number of hydrogen-bond donors (Lipinski definition) is 1. The number of aryl methyl sites for hydroxylation is 1. The van der Waals surface area contributed by atoms with Crippen molar-refractivity contribution in [2.24, 2.45) is 0 Å². The second-order valence-corrected chi connectivity index (χ2v) is 5.30. The lowest BCUT2D eigenvalue weighted by Gasteiger charge is -2.09. The summed E-state index contributed by atoms with van der Waals surface area (Å²) in [5.41, 5.74) is 4.32. The summed E-state index contributed by atoms with van der Waals surface area (Å²) in [6.07, 6.45) is 3.64. The van der Waals surface area contributed by atoms with Gasteiger partial charge in [0.05, 0.1) is 22.7 Å². The molecular formula is C18H13N5. The number of hydrogen-bond acceptors (Lipinski definition) is 3. The number of fused-ring (bicyclic) bond motifs is 1. The van der Waals surface area contributed by atoms with Crippen molar-refractivity contribution in [1.29, 1.82) is 5.26 Å². The van der Waals surface area contributed by atoms with Crippen molar-refractivity contribution in [3.05, 3.63) is 66.2 Å². The number of rotatable bonds is 2. The Bertz CT molecular complexity index is 1050. The summed E-state index contributed by atoms with van der Waals surface area (Å²) in [4.78, 5) is 12.1. The molecule has 5 nitrogen and oxygen atoms in total. The Morgan fingerprint density at radius 1 is 1.17 bits per heavy atom. The van der Waals surface area contributed by atoms with Crippen LogP contribution in [0.4, 0.5) is 0 Å². The first kappa shape index (κ1) is 13.3. The fraction of sp³-hybridized carbons (Fsp3) is 0.0556. The highest BCUT2D eigenvalue weighted by Crippen LogP contribution is 2.25. The van der Waals surface area contributed by atoms with E-state index in [1.54, 1.807) is 12.3 Å². The number of nitrogens with one attached hydrogen (secondary N) is 1. The van der Waals surface area contributed by atoms with Crippen LogP contribution in [0.1, 0.15) is 11.4 Å². The Balaban J connectivity index is 1.90. The van der Waals surface area contributed by atoms with E-state index in [0.29, 0.717) is 5.56 Å². The van der Waals surface area contributed by atoms with Crippen LogP contribution >= 0.6 is 0 Å². The molecule has 2 heterocycles. The molecule has 2 aromatic heterocycles. The molecule has 23 heavy (non-hydrogen) atoms. The minimum Gasteiger partial charge on any atom is -0.342 e. The number of aromatic amines is 1. The average molecular weight is 299 g/mol. The molecule has 0 unspecified atom stereocenters. The van der Waals surface area contributed by atoms with Gasteiger partial charge in [-0.2, -0.15) is 5.26 Å². The topological polar surface area (TPSA) is 70.3 Å². The molecule has 4 aromatic rings. The molecule has 0 atom stereocenters. The van der Waals surface area contributed by atoms with Gasteiger partial charge in [0.15, 0.2) is 0 Å². The zero-order chi connectivity index (χ0) is 15.8. The zero-order valence-corrected chi connectivity index (χ0v) is 12.5. The van der Waals surface area contributed by atoms with E-state index in [2.05, 4.69) is 21.0 Å². The fourth-order valence-corrected chi connectivity index (χ4v) is 2.76. The van der Waals surface area contributed by atoms with Crippen molar-refractivity contribution in [2.75, 3.05) is 0 Å². The average Bonchev–Trinajstić information content (AvgIpc) is 3.19. The molecule has 0 bridgehead atoms. The number of nitrogens with zero attached hydrogens (tertiary/aromatic N) is 4. The molecule has 0 aliphatic carbocycles. The first-order valence-corrected chi connectivity index (χ1v) is 7.26. The van der Waals surface area contributed by atoms with Crippen molar-refractivity contribution in [3.8, 4) is 23.1 Å². The van der Waals surface area contributed by atoms with Gasteiger partial charge < -0.3 is 4.98 Å². The van der Waals surface area contributed by atoms with Gasteiger partial charge in [-0.1, -0.05) is 12.1 Å². The Kier molecular flexibility index (Phi) is 2.95. The molecule has 5 heteroatoms. The Morgan fingerprint density at radius 2 is 2.04 bits per heavy atom. The molecule has 0 spiro atoms. The van der Waals surface area contributed by atoms with Gasteiger partial charge in [0.2, 0.25) is 0 Å². The zero-order valence-electron chi connectivity index (χ0n) is 12.5. The molecular weight excluding hydrogens is 286 g/mol. The van der Waals surface area contributed by atoms with Crippen LogP contribution in [-0.2, 0) is 0 Å². The van der Waals surface area contributed by atoms with E-state index in [-0.39, 0.29) is 0 Å². The molecule has 110 valence electrons. The van der Waals surface area contributed by atoms with Crippen LogP contribution in [0.25, 0.3) is 28.1 Å². The summed E-state index contributed by atoms with van der Waals surface area (Å²) in [6.45, 7) is 1.94. The third-order valence-electron chi connectivity index (χ3n) is 3.79. The maximum absolute atomic E-state index is 9.32. The largest absolute Gasteiger partial charge is 0.342 e. The highest BCUT2D eigenvalue weighted by molar-refractivity contribution is 5.78. The summed E-state index contributed by atoms with van der Waals surface area (Å²) in [5.74, 6) is 1.63. The van der Waals surface area contributed by atoms with Crippen LogP contribution in [0.3, 0.4) is 0 Å². The second kappa shape index (κ2) is 5.11. The van der Waals surface area contributed by atoms with Gasteiger partial charge in [0.25, 0.3) is 0 Å². The monoisotopic (exact) mass is 299 g/mol. The number of H-pyrrole nitrogens is 1. The van der Waals surface area contributed by atoms with Crippen LogP contribution < -0.4 is 0 Å². The Hall–Kier alpha value is -3.39. The molecule has 0 saturated heterocycles. The van der Waals surface area contributed by atoms with Gasteiger partial charge in [0, 0.05) is 23.6 Å². The van der Waals surface area contributed by atoms with Crippen LogP contribution in [0.2, 0.25) is 0 Å². The third kappa shape index (κ3) is 2.17. The van der Waals surface area contributed by atoms with Crippen molar-refractivity contribution >= 4 is 11.0 Å². The molecule has 0 radical (unpaired) electrons. The Labute approximate surface area is 132 Å². The van der Waals surface area contributed by atoms with Crippen LogP contribution in [0.15, 0.2) is 54.9 Å². The van der Waals surface area contributed by atoms with E-state index in [4.69, 9.17) is 0 Å². The molecule has 0 fully saturated rings. The summed E-state index contributed by atoms with van der Waals surface area (Å²) in [7, 11) is 0. The van der Waals surface area contributed by atoms with E-state index in [1.165, 1.54) is 0 Å². The first-order valence-electron chi connectivity index (χ1n) is 7.26. The lowest BCUT2D eigenvalue weighted by molar-refractivity contribution is 1.07. The van der Waals surface area contributed by atoms with Gasteiger partial charge in [-0.05, 0) is 37.3 Å². The molecule has 0 saturated carbocycles. The van der Waals surface area contributed by atoms with E-state index in [9.17, 15) is 5.26 Å². The van der Waals surface area contributed by atoms with Crippen molar-refractivity contribution in [1.82, 2.24) is 19.5 Å². The molecule has 2 aromatic carbocycles. The highest BCUT2D eigenvalue weighted by Gasteiger charge is 2.12. The smallest absolute Gasteiger partial charge is 0.145 e. The predicted molar refractivity (Wildman–Crippen MR) is 88.1 cm³/mol. The molecule has 0 aliphatic heterocycles. The number of nitriles is 1. The van der Waals surface area contributed by atoms with Gasteiger partial charge in [-0.3, -0.25) is 4.57 Å². The first-order chi connectivity index (χ1) is 11.3. The minimum absolute atomic E-state index is 0.610. The number of benzene rings is 2. The van der Waals surface area contributed by atoms with E-state index < -0.39 is 0 Å². The standard InChI is InChI=1S/C18H13N5/c1-12-21-16-7-6-14(10-17(16)22-12)23-9-8-20-18(23)15-5-3-2-4-13(15)11-19/h2-10H,1H3,(H,21,22). The lowest BCUT2D eigenvalue weighted by atomic mass is 10.1. The fourth-order valence-electron chi connectivity index (χ4n) is 2.76. The minimum atomic E-state index is 0.610. The van der Waals surface area contributed by atoms with Crippen LogP contribution in [0, 0.1) is 18.3 Å². The predicted octanol–water partition coefficient (Wildman–Crippen LogP) is 3.60. The summed E-state index contributed by atoms with van der Waals surface area (Å²) < 4.78 is 1.98. The van der Waals surface area contributed by atoms with E-state index in [0.717, 1.165) is 33.9 Å².